The van der Waals surface area contributed by atoms with Crippen LogP contribution >= 0.6 is 0 Å². The number of aliphatic hydroxyl groups is 1. The molecule has 3 aromatic rings. The second-order valence-corrected chi connectivity index (χ2v) is 11.9. The number of nitrogens with zero attached hydrogens (tertiary/aromatic N) is 2. The SMILES string of the molecule is C[C@@H]1CN([C@H](C)CO)S(=O)(=O)c2ccc(/C=C/c3ccccc3)cc2O[C@H]1CN(C)C(=O)Nc1cccc(F)c1. The molecule has 10 heteroatoms. The maximum Gasteiger partial charge on any atom is 0.321 e. The highest BCUT2D eigenvalue weighted by atomic mass is 32.2. The second-order valence-electron chi connectivity index (χ2n) is 10.0. The number of hydrogen-bond donors (Lipinski definition) is 2. The number of rotatable bonds is 7. The van der Waals surface area contributed by atoms with E-state index in [9.17, 15) is 22.7 Å². The van der Waals surface area contributed by atoms with Crippen LogP contribution in [0.2, 0.25) is 0 Å². The van der Waals surface area contributed by atoms with Gasteiger partial charge in [-0.25, -0.2) is 17.6 Å². The number of nitrogens with one attached hydrogen (secondary N) is 1. The van der Waals surface area contributed by atoms with Crippen molar-refractivity contribution in [2.75, 3.05) is 32.1 Å². The minimum absolute atomic E-state index is 0.00609. The van der Waals surface area contributed by atoms with Gasteiger partial charge in [0, 0.05) is 31.2 Å². The highest BCUT2D eigenvalue weighted by molar-refractivity contribution is 7.89. The molecule has 3 atom stereocenters. The van der Waals surface area contributed by atoms with Crippen LogP contribution < -0.4 is 10.1 Å². The molecule has 2 N–H and O–H groups in total. The number of benzene rings is 3. The molecule has 0 spiro atoms. The van der Waals surface area contributed by atoms with Gasteiger partial charge in [0.05, 0.1) is 13.2 Å². The van der Waals surface area contributed by atoms with Gasteiger partial charge in [0.15, 0.2) is 0 Å². The number of aliphatic hydroxyl groups excluding tert-OH is 1. The molecular weight excluding hydrogens is 533 g/mol. The minimum Gasteiger partial charge on any atom is -0.487 e. The molecule has 1 heterocycles. The number of carbonyl (C=O) groups is 1. The second kappa shape index (κ2) is 12.6. The first-order valence-corrected chi connectivity index (χ1v) is 14.5. The van der Waals surface area contributed by atoms with Gasteiger partial charge in [-0.2, -0.15) is 4.31 Å². The molecule has 3 aromatic carbocycles. The Hall–Kier alpha value is -3.73. The van der Waals surface area contributed by atoms with E-state index in [1.54, 1.807) is 32.2 Å². The summed E-state index contributed by atoms with van der Waals surface area (Å²) in [4.78, 5) is 14.3. The zero-order chi connectivity index (χ0) is 28.9. The largest absolute Gasteiger partial charge is 0.487 e. The van der Waals surface area contributed by atoms with Crippen LogP contribution in [0.1, 0.15) is 25.0 Å². The van der Waals surface area contributed by atoms with E-state index in [1.165, 1.54) is 33.5 Å². The van der Waals surface area contributed by atoms with E-state index >= 15 is 0 Å². The number of urea groups is 1. The predicted molar refractivity (Wildman–Crippen MR) is 154 cm³/mol. The van der Waals surface area contributed by atoms with Crippen molar-refractivity contribution >= 4 is 33.9 Å². The molecule has 8 nitrogen and oxygen atoms in total. The number of hydrogen-bond acceptors (Lipinski definition) is 5. The van der Waals surface area contributed by atoms with Crippen LogP contribution in [-0.4, -0.2) is 67.7 Å². The number of sulfonamides is 1. The average molecular weight is 568 g/mol. The third-order valence-electron chi connectivity index (χ3n) is 6.84. The smallest absolute Gasteiger partial charge is 0.321 e. The van der Waals surface area contributed by atoms with Crippen molar-refractivity contribution in [2.45, 2.75) is 30.9 Å². The molecule has 0 aromatic heterocycles. The zero-order valence-electron chi connectivity index (χ0n) is 22.7. The van der Waals surface area contributed by atoms with Gasteiger partial charge in [0.25, 0.3) is 0 Å². The van der Waals surface area contributed by atoms with Gasteiger partial charge in [-0.05, 0) is 48.4 Å². The number of carbonyl (C=O) groups excluding carboxylic acids is 1. The molecule has 0 unspecified atom stereocenters. The summed E-state index contributed by atoms with van der Waals surface area (Å²) in [6.45, 7) is 3.37. The molecule has 4 rings (SSSR count). The molecule has 212 valence electrons. The maximum atomic E-state index is 13.7. The van der Waals surface area contributed by atoms with E-state index < -0.39 is 34.0 Å². The third kappa shape index (κ3) is 6.88. The number of halogens is 1. The van der Waals surface area contributed by atoms with Crippen molar-refractivity contribution in [1.29, 1.82) is 0 Å². The normalized spacial score (nSPS) is 19.6. The lowest BCUT2D eigenvalue weighted by Crippen LogP contribution is -2.50. The summed E-state index contributed by atoms with van der Waals surface area (Å²) >= 11 is 0. The Kier molecular flexibility index (Phi) is 9.24. The van der Waals surface area contributed by atoms with Gasteiger partial charge < -0.3 is 20.1 Å². The van der Waals surface area contributed by atoms with Gasteiger partial charge >= 0.3 is 6.03 Å². The standard InChI is InChI=1S/C30H34FN3O5S/c1-21-18-34(22(2)20-35)40(37,38)29-15-14-24(13-12-23-8-5-4-6-9-23)16-27(29)39-28(21)19-33(3)30(36)32-26-11-7-10-25(31)17-26/h4-17,21-22,28,35H,18-20H2,1-3H3,(H,32,36)/b13-12+/t21-,22-,28+/m1/s1. The van der Waals surface area contributed by atoms with Crippen LogP contribution in [0.4, 0.5) is 14.9 Å². The molecule has 40 heavy (non-hydrogen) atoms. The van der Waals surface area contributed by atoms with E-state index in [0.29, 0.717) is 5.69 Å². The first-order chi connectivity index (χ1) is 19.1. The molecule has 2 amide bonds. The first kappa shape index (κ1) is 29.3. The fourth-order valence-corrected chi connectivity index (χ4v) is 6.28. The van der Waals surface area contributed by atoms with Crippen molar-refractivity contribution < 1.29 is 27.4 Å². The Morgan fingerprint density at radius 3 is 2.55 bits per heavy atom. The highest BCUT2D eigenvalue weighted by Crippen LogP contribution is 2.34. The van der Waals surface area contributed by atoms with Crippen LogP contribution in [0, 0.1) is 11.7 Å². The predicted octanol–water partition coefficient (Wildman–Crippen LogP) is 4.93. The topological polar surface area (TPSA) is 99.2 Å². The lowest BCUT2D eigenvalue weighted by Gasteiger charge is -2.37. The van der Waals surface area contributed by atoms with Crippen molar-refractivity contribution in [3.8, 4) is 5.75 Å². The zero-order valence-corrected chi connectivity index (χ0v) is 23.5. The molecule has 0 aliphatic carbocycles. The Bertz CT molecular complexity index is 1470. The fourth-order valence-electron chi connectivity index (χ4n) is 4.46. The van der Waals surface area contributed by atoms with Gasteiger partial charge in [-0.1, -0.05) is 61.5 Å². The van der Waals surface area contributed by atoms with Crippen molar-refractivity contribution in [3.63, 3.8) is 0 Å². The van der Waals surface area contributed by atoms with E-state index in [-0.39, 0.29) is 36.3 Å². The molecule has 0 saturated carbocycles. The van der Waals surface area contributed by atoms with E-state index in [0.717, 1.165) is 11.1 Å². The van der Waals surface area contributed by atoms with Gasteiger partial charge in [-0.3, -0.25) is 0 Å². The summed E-state index contributed by atoms with van der Waals surface area (Å²) in [6.07, 6.45) is 3.21. The molecule has 0 bridgehead atoms. The number of likely N-dealkylation sites (N-methyl/N-ethyl adjacent to an activating group) is 1. The Morgan fingerprint density at radius 2 is 1.85 bits per heavy atom. The lowest BCUT2D eigenvalue weighted by molar-refractivity contribution is 0.0830. The minimum atomic E-state index is -3.99. The van der Waals surface area contributed by atoms with Gasteiger partial charge in [0.1, 0.15) is 22.6 Å². The summed E-state index contributed by atoms with van der Waals surface area (Å²) in [5.74, 6) is -0.642. The fraction of sp³-hybridized carbons (Fsp3) is 0.300. The summed E-state index contributed by atoms with van der Waals surface area (Å²) in [6, 6.07) is 19.1. The van der Waals surface area contributed by atoms with Gasteiger partial charge in [-0.15, -0.1) is 0 Å². The lowest BCUT2D eigenvalue weighted by atomic mass is 10.0. The van der Waals surface area contributed by atoms with E-state index in [4.69, 9.17) is 4.74 Å². The van der Waals surface area contributed by atoms with E-state index in [1.807, 2.05) is 49.4 Å². The third-order valence-corrected chi connectivity index (χ3v) is 8.85. The van der Waals surface area contributed by atoms with Crippen LogP contribution in [0.3, 0.4) is 0 Å². The Balaban J connectivity index is 1.65. The quantitative estimate of drug-likeness (QED) is 0.395. The van der Waals surface area contributed by atoms with Crippen LogP contribution in [0.5, 0.6) is 5.75 Å². The maximum absolute atomic E-state index is 13.7. The summed E-state index contributed by atoms with van der Waals surface area (Å²) in [5.41, 5.74) is 2.05. The summed E-state index contributed by atoms with van der Waals surface area (Å²) < 4.78 is 48.6. The number of anilines is 1. The van der Waals surface area contributed by atoms with Crippen molar-refractivity contribution in [1.82, 2.24) is 9.21 Å². The van der Waals surface area contributed by atoms with E-state index in [2.05, 4.69) is 5.32 Å². The van der Waals surface area contributed by atoms with Crippen LogP contribution in [0.15, 0.2) is 77.7 Å². The summed E-state index contributed by atoms with van der Waals surface area (Å²) in [7, 11) is -2.40. The number of ether oxygens (including phenoxy) is 1. The molecule has 0 saturated heterocycles. The average Bonchev–Trinajstić information content (AvgIpc) is 2.93. The van der Waals surface area contributed by atoms with Crippen molar-refractivity contribution in [3.05, 3.63) is 89.7 Å². The Morgan fingerprint density at radius 1 is 1.12 bits per heavy atom. The van der Waals surface area contributed by atoms with Crippen LogP contribution in [-0.2, 0) is 10.0 Å². The molecule has 1 aliphatic rings. The summed E-state index contributed by atoms with van der Waals surface area (Å²) in [5, 5.41) is 12.5. The Labute approximate surface area is 234 Å². The molecule has 1 aliphatic heterocycles. The van der Waals surface area contributed by atoms with Crippen LogP contribution in [0.25, 0.3) is 12.2 Å². The molecule has 0 fully saturated rings. The van der Waals surface area contributed by atoms with Gasteiger partial charge in [0.2, 0.25) is 10.0 Å². The van der Waals surface area contributed by atoms with Crippen molar-refractivity contribution in [2.24, 2.45) is 5.92 Å². The highest BCUT2D eigenvalue weighted by Gasteiger charge is 2.38. The number of fused-ring (bicyclic) bond motifs is 1. The number of amides is 2. The monoisotopic (exact) mass is 567 g/mol. The molecular formula is C30H34FN3O5S. The first-order valence-electron chi connectivity index (χ1n) is 13.0. The molecule has 0 radical (unpaired) electrons.